The molecule has 0 bridgehead atoms. The van der Waals surface area contributed by atoms with E-state index < -0.39 is 5.97 Å². The molecule has 1 aromatic carbocycles. The molecule has 22 heavy (non-hydrogen) atoms. The summed E-state index contributed by atoms with van der Waals surface area (Å²) in [6.07, 6.45) is 0. The number of H-pyrrole nitrogens is 2. The summed E-state index contributed by atoms with van der Waals surface area (Å²) in [6.45, 7) is 2.28. The van der Waals surface area contributed by atoms with E-state index in [2.05, 4.69) is 20.4 Å². The van der Waals surface area contributed by atoms with E-state index in [1.54, 1.807) is 31.2 Å². The molecule has 8 heteroatoms. The summed E-state index contributed by atoms with van der Waals surface area (Å²) < 4.78 is 9.84. The van der Waals surface area contributed by atoms with Crippen LogP contribution in [0.2, 0.25) is 0 Å². The Morgan fingerprint density at radius 3 is 2.55 bits per heavy atom. The van der Waals surface area contributed by atoms with Gasteiger partial charge in [-0.2, -0.15) is 5.11 Å². The lowest BCUT2D eigenvalue weighted by molar-refractivity contribution is 0.0526. The van der Waals surface area contributed by atoms with Crippen molar-refractivity contribution in [3.8, 4) is 0 Å². The number of benzene rings is 1. The molecule has 0 fully saturated rings. The van der Waals surface area contributed by atoms with Crippen molar-refractivity contribution >= 4 is 17.3 Å². The van der Waals surface area contributed by atoms with Gasteiger partial charge < -0.3 is 9.47 Å². The number of aromatic amines is 2. The lowest BCUT2D eigenvalue weighted by Crippen LogP contribution is -2.03. The minimum absolute atomic E-state index is 0.163. The topological polar surface area (TPSA) is 109 Å². The molecule has 0 saturated carbocycles. The van der Waals surface area contributed by atoms with Crippen LogP contribution in [0.3, 0.4) is 0 Å². The number of esters is 1. The Balaban J connectivity index is 2.15. The van der Waals surface area contributed by atoms with Crippen molar-refractivity contribution in [2.24, 2.45) is 10.2 Å². The molecular formula is C14H16N4O4. The van der Waals surface area contributed by atoms with Crippen molar-refractivity contribution in [2.75, 3.05) is 13.7 Å². The van der Waals surface area contributed by atoms with E-state index in [1.165, 1.54) is 7.11 Å². The Labute approximate surface area is 126 Å². The molecule has 116 valence electrons. The first kappa shape index (κ1) is 15.6. The van der Waals surface area contributed by atoms with Gasteiger partial charge in [-0.1, -0.05) is 0 Å². The van der Waals surface area contributed by atoms with Gasteiger partial charge in [-0.3, -0.25) is 15.0 Å². The van der Waals surface area contributed by atoms with Crippen molar-refractivity contribution in [1.82, 2.24) is 10.2 Å². The maximum absolute atomic E-state index is 11.6. The third-order valence-electron chi connectivity index (χ3n) is 2.76. The molecule has 0 saturated heterocycles. The molecule has 0 amide bonds. The average Bonchev–Trinajstić information content (AvgIpc) is 2.87. The summed E-state index contributed by atoms with van der Waals surface area (Å²) >= 11 is 0. The van der Waals surface area contributed by atoms with Crippen LogP contribution >= 0.6 is 0 Å². The Hall–Kier alpha value is -2.74. The zero-order valence-electron chi connectivity index (χ0n) is 12.3. The van der Waals surface area contributed by atoms with Gasteiger partial charge in [0.2, 0.25) is 0 Å². The number of nitrogens with zero attached hydrogens (tertiary/aromatic N) is 2. The monoisotopic (exact) mass is 304 g/mol. The number of azo groups is 1. The van der Waals surface area contributed by atoms with Crippen molar-refractivity contribution in [1.29, 1.82) is 0 Å². The highest BCUT2D eigenvalue weighted by Gasteiger charge is 2.09. The number of hydrogen-bond donors (Lipinski definition) is 2. The van der Waals surface area contributed by atoms with E-state index in [0.717, 1.165) is 0 Å². The van der Waals surface area contributed by atoms with Crippen LogP contribution < -0.4 is 5.56 Å². The van der Waals surface area contributed by atoms with Crippen LogP contribution in [0.4, 0.5) is 11.4 Å². The normalized spacial score (nSPS) is 11.0. The zero-order chi connectivity index (χ0) is 15.9. The van der Waals surface area contributed by atoms with Gasteiger partial charge in [-0.05, 0) is 31.2 Å². The molecule has 0 aliphatic carbocycles. The fourth-order valence-corrected chi connectivity index (χ4v) is 1.73. The standard InChI is InChI=1S/C14H16N4O4/c1-3-22-14(20)9-4-6-10(7-5-9)15-17-12-11(8-21-2)16-18-13(12)19/h4-7H,3,8H2,1-2H3,(H2,16,18,19). The number of hydrogen-bond acceptors (Lipinski definition) is 6. The predicted octanol–water partition coefficient (Wildman–Crippen LogP) is 2.44. The Morgan fingerprint density at radius 2 is 1.91 bits per heavy atom. The number of ether oxygens (including phenoxy) is 2. The summed E-state index contributed by atoms with van der Waals surface area (Å²) in [5, 5.41) is 13.0. The molecule has 2 rings (SSSR count). The molecule has 2 N–H and O–H groups in total. The number of methoxy groups -OCH3 is 1. The van der Waals surface area contributed by atoms with E-state index in [1.807, 2.05) is 0 Å². The van der Waals surface area contributed by atoms with Crippen molar-refractivity contribution < 1.29 is 14.3 Å². The Morgan fingerprint density at radius 1 is 1.18 bits per heavy atom. The highest BCUT2D eigenvalue weighted by Crippen LogP contribution is 2.19. The summed E-state index contributed by atoms with van der Waals surface area (Å²) in [5.74, 6) is -0.393. The van der Waals surface area contributed by atoms with Gasteiger partial charge in [0.1, 0.15) is 0 Å². The van der Waals surface area contributed by atoms with Gasteiger partial charge in [0, 0.05) is 7.11 Å². The minimum Gasteiger partial charge on any atom is -0.462 e. The molecule has 0 radical (unpaired) electrons. The van der Waals surface area contributed by atoms with Crippen LogP contribution in [0, 0.1) is 0 Å². The second-order valence-electron chi connectivity index (χ2n) is 4.31. The molecular weight excluding hydrogens is 288 g/mol. The third-order valence-corrected chi connectivity index (χ3v) is 2.76. The van der Waals surface area contributed by atoms with Crippen LogP contribution in [-0.2, 0) is 16.1 Å². The molecule has 1 heterocycles. The summed E-state index contributed by atoms with van der Waals surface area (Å²) in [7, 11) is 1.51. The number of carbonyl (C=O) groups excluding carboxylic acids is 1. The first-order valence-electron chi connectivity index (χ1n) is 6.63. The first-order chi connectivity index (χ1) is 10.7. The van der Waals surface area contributed by atoms with E-state index in [4.69, 9.17) is 9.47 Å². The molecule has 8 nitrogen and oxygen atoms in total. The smallest absolute Gasteiger partial charge is 0.338 e. The first-order valence-corrected chi connectivity index (χ1v) is 6.63. The van der Waals surface area contributed by atoms with Crippen LogP contribution in [0.5, 0.6) is 0 Å². The van der Waals surface area contributed by atoms with Gasteiger partial charge in [-0.25, -0.2) is 4.79 Å². The number of rotatable bonds is 6. The van der Waals surface area contributed by atoms with Gasteiger partial charge in [0.15, 0.2) is 5.69 Å². The molecule has 2 aromatic rings. The molecule has 1 aromatic heterocycles. The maximum Gasteiger partial charge on any atom is 0.338 e. The van der Waals surface area contributed by atoms with E-state index in [-0.39, 0.29) is 17.9 Å². The Bertz CT molecular complexity index is 715. The van der Waals surface area contributed by atoms with Crippen LogP contribution in [0.15, 0.2) is 39.3 Å². The quantitative estimate of drug-likeness (QED) is 0.631. The van der Waals surface area contributed by atoms with Crippen LogP contribution in [-0.4, -0.2) is 29.9 Å². The lowest BCUT2D eigenvalue weighted by atomic mass is 10.2. The second-order valence-corrected chi connectivity index (χ2v) is 4.31. The highest BCUT2D eigenvalue weighted by atomic mass is 16.5. The largest absolute Gasteiger partial charge is 0.462 e. The van der Waals surface area contributed by atoms with Gasteiger partial charge in [0.25, 0.3) is 5.56 Å². The zero-order valence-corrected chi connectivity index (χ0v) is 12.3. The SMILES string of the molecule is CCOC(=O)c1ccc(N=Nc2c(COC)[nH][nH]c2=O)cc1. The van der Waals surface area contributed by atoms with Gasteiger partial charge in [-0.15, -0.1) is 5.11 Å². The lowest BCUT2D eigenvalue weighted by Gasteiger charge is -2.01. The van der Waals surface area contributed by atoms with E-state index >= 15 is 0 Å². The number of aromatic nitrogens is 2. The number of carbonyl (C=O) groups is 1. The molecule has 0 spiro atoms. The molecule has 0 atom stereocenters. The molecule has 0 aliphatic heterocycles. The van der Waals surface area contributed by atoms with Crippen molar-refractivity contribution in [3.05, 3.63) is 45.9 Å². The maximum atomic E-state index is 11.6. The highest BCUT2D eigenvalue weighted by molar-refractivity contribution is 5.89. The van der Waals surface area contributed by atoms with Crippen molar-refractivity contribution in [2.45, 2.75) is 13.5 Å². The number of nitrogens with one attached hydrogen (secondary N) is 2. The molecule has 0 unspecified atom stereocenters. The van der Waals surface area contributed by atoms with Gasteiger partial charge in [0.05, 0.1) is 30.2 Å². The summed E-state index contributed by atoms with van der Waals surface area (Å²) in [5.41, 5.74) is 1.24. The summed E-state index contributed by atoms with van der Waals surface area (Å²) in [6, 6.07) is 6.41. The van der Waals surface area contributed by atoms with Crippen LogP contribution in [0.1, 0.15) is 23.0 Å². The summed E-state index contributed by atoms with van der Waals surface area (Å²) in [4.78, 5) is 23.1. The fourth-order valence-electron chi connectivity index (χ4n) is 1.73. The fraction of sp³-hybridized carbons (Fsp3) is 0.286. The molecule has 0 aliphatic rings. The second kappa shape index (κ2) is 7.32. The predicted molar refractivity (Wildman–Crippen MR) is 78.7 cm³/mol. The average molecular weight is 304 g/mol. The third kappa shape index (κ3) is 3.67. The van der Waals surface area contributed by atoms with E-state index in [9.17, 15) is 9.59 Å². The minimum atomic E-state index is -0.393. The van der Waals surface area contributed by atoms with Crippen molar-refractivity contribution in [3.63, 3.8) is 0 Å². The van der Waals surface area contributed by atoms with E-state index in [0.29, 0.717) is 23.6 Å². The van der Waals surface area contributed by atoms with Gasteiger partial charge >= 0.3 is 5.97 Å². The Kier molecular flexibility index (Phi) is 5.21. The van der Waals surface area contributed by atoms with Crippen LogP contribution in [0.25, 0.3) is 0 Å².